The number of nitrogens with zero attached hydrogens (tertiary/aromatic N) is 3. The van der Waals surface area contributed by atoms with Crippen LogP contribution in [0.4, 0.5) is 8.78 Å². The van der Waals surface area contributed by atoms with Crippen LogP contribution in [0.1, 0.15) is 21.6 Å². The topological polar surface area (TPSA) is 37.7 Å². The van der Waals surface area contributed by atoms with Crippen LogP contribution in [-0.4, -0.2) is 59.6 Å². The number of fused-ring (bicyclic) bond motifs is 1. The van der Waals surface area contributed by atoms with Gasteiger partial charge in [-0.2, -0.15) is 0 Å². The fourth-order valence-electron chi connectivity index (χ4n) is 4.92. The molecule has 1 aromatic heterocycles. The van der Waals surface area contributed by atoms with Gasteiger partial charge in [0.2, 0.25) is 0 Å². The molecule has 2 heterocycles. The van der Waals surface area contributed by atoms with Gasteiger partial charge < -0.3 is 14.2 Å². The van der Waals surface area contributed by atoms with Gasteiger partial charge in [-0.3, -0.25) is 9.69 Å². The van der Waals surface area contributed by atoms with Gasteiger partial charge in [-0.05, 0) is 35.9 Å². The molecule has 0 unspecified atom stereocenters. The van der Waals surface area contributed by atoms with Gasteiger partial charge in [0.15, 0.2) is 0 Å². The Balaban J connectivity index is 1.38. The maximum atomic E-state index is 14.6. The number of halogens is 2. The van der Waals surface area contributed by atoms with Crippen LogP contribution in [0, 0.1) is 11.6 Å². The average molecular weight is 528 g/mol. The Bertz CT molecular complexity index is 1470. The van der Waals surface area contributed by atoms with E-state index in [4.69, 9.17) is 4.74 Å². The Morgan fingerprint density at radius 3 is 2.36 bits per heavy atom. The summed E-state index contributed by atoms with van der Waals surface area (Å²) in [6, 6.07) is 21.2. The number of hydrogen-bond acceptors (Lipinski definition) is 3. The molecule has 5 rings (SSSR count). The van der Waals surface area contributed by atoms with Crippen molar-refractivity contribution in [2.75, 3.05) is 39.3 Å². The van der Waals surface area contributed by atoms with Gasteiger partial charge in [-0.1, -0.05) is 67.3 Å². The number of rotatable bonds is 9. The van der Waals surface area contributed by atoms with Crippen molar-refractivity contribution >= 4 is 22.9 Å². The van der Waals surface area contributed by atoms with Crippen molar-refractivity contribution in [3.8, 4) is 5.75 Å². The fraction of sp³-hybridized carbons (Fsp3) is 0.219. The van der Waals surface area contributed by atoms with E-state index in [0.29, 0.717) is 42.0 Å². The molecule has 0 radical (unpaired) electrons. The van der Waals surface area contributed by atoms with Crippen LogP contribution in [0.3, 0.4) is 0 Å². The van der Waals surface area contributed by atoms with E-state index >= 15 is 0 Å². The van der Waals surface area contributed by atoms with Crippen molar-refractivity contribution in [3.63, 3.8) is 0 Å². The normalized spacial score (nSPS) is 14.3. The number of carbonyl (C=O) groups excluding carboxylic acids is 1. The molecule has 1 amide bonds. The van der Waals surface area contributed by atoms with Crippen molar-refractivity contribution in [3.05, 3.63) is 120 Å². The first-order chi connectivity index (χ1) is 19.0. The summed E-state index contributed by atoms with van der Waals surface area (Å²) >= 11 is 0. The third-order valence-electron chi connectivity index (χ3n) is 6.99. The highest BCUT2D eigenvalue weighted by Gasteiger charge is 2.26. The second-order valence-corrected chi connectivity index (χ2v) is 9.51. The van der Waals surface area contributed by atoms with Crippen LogP contribution in [0.2, 0.25) is 0 Å². The van der Waals surface area contributed by atoms with Crippen molar-refractivity contribution in [2.45, 2.75) is 6.54 Å². The van der Waals surface area contributed by atoms with E-state index in [9.17, 15) is 13.6 Å². The van der Waals surface area contributed by atoms with Gasteiger partial charge in [0.05, 0.1) is 12.1 Å². The number of benzene rings is 3. The quantitative estimate of drug-likeness (QED) is 0.251. The molecule has 7 heteroatoms. The summed E-state index contributed by atoms with van der Waals surface area (Å²) in [5.74, 6) is -0.876. The molecule has 1 aliphatic rings. The number of hydrogen-bond donors (Lipinski definition) is 0. The van der Waals surface area contributed by atoms with E-state index in [-0.39, 0.29) is 18.0 Å². The van der Waals surface area contributed by atoms with Gasteiger partial charge in [0.25, 0.3) is 5.91 Å². The molecule has 4 aromatic rings. The summed E-state index contributed by atoms with van der Waals surface area (Å²) in [7, 11) is 0. The molecule has 0 atom stereocenters. The molecule has 0 aliphatic carbocycles. The summed E-state index contributed by atoms with van der Waals surface area (Å²) < 4.78 is 36.8. The average Bonchev–Trinajstić information content (AvgIpc) is 3.33. The number of amides is 1. The second-order valence-electron chi connectivity index (χ2n) is 9.51. The lowest BCUT2D eigenvalue weighted by Gasteiger charge is -2.34. The number of aromatic nitrogens is 1. The highest BCUT2D eigenvalue weighted by Crippen LogP contribution is 2.31. The smallest absolute Gasteiger partial charge is 0.270 e. The Kier molecular flexibility index (Phi) is 8.18. The summed E-state index contributed by atoms with van der Waals surface area (Å²) in [4.78, 5) is 17.9. The van der Waals surface area contributed by atoms with Gasteiger partial charge in [0.1, 0.15) is 29.7 Å². The highest BCUT2D eigenvalue weighted by molar-refractivity contribution is 6.00. The Morgan fingerprint density at radius 1 is 0.923 bits per heavy atom. The van der Waals surface area contributed by atoms with Crippen molar-refractivity contribution in [1.29, 1.82) is 0 Å². The maximum absolute atomic E-state index is 14.6. The summed E-state index contributed by atoms with van der Waals surface area (Å²) in [5.41, 5.74) is 2.12. The van der Waals surface area contributed by atoms with Crippen LogP contribution < -0.4 is 4.74 Å². The number of ether oxygens (including phenoxy) is 1. The summed E-state index contributed by atoms with van der Waals surface area (Å²) in [6.07, 6.45) is 5.88. The summed E-state index contributed by atoms with van der Waals surface area (Å²) in [5, 5.41) is 0.712. The third kappa shape index (κ3) is 5.94. The van der Waals surface area contributed by atoms with E-state index in [1.165, 1.54) is 18.2 Å². The first-order valence-corrected chi connectivity index (χ1v) is 13.1. The van der Waals surface area contributed by atoms with Crippen LogP contribution in [0.25, 0.3) is 17.0 Å². The van der Waals surface area contributed by atoms with E-state index in [1.807, 2.05) is 41.3 Å². The van der Waals surface area contributed by atoms with Crippen molar-refractivity contribution < 1.29 is 18.3 Å². The zero-order valence-corrected chi connectivity index (χ0v) is 21.7. The van der Waals surface area contributed by atoms with Gasteiger partial charge >= 0.3 is 0 Å². The first kappa shape index (κ1) is 26.4. The largest absolute Gasteiger partial charge is 0.489 e. The maximum Gasteiger partial charge on any atom is 0.270 e. The summed E-state index contributed by atoms with van der Waals surface area (Å²) in [6.45, 7) is 7.29. The molecule has 1 fully saturated rings. The molecule has 0 bridgehead atoms. The molecule has 1 aliphatic heterocycles. The third-order valence-corrected chi connectivity index (χ3v) is 6.99. The van der Waals surface area contributed by atoms with Crippen LogP contribution >= 0.6 is 0 Å². The van der Waals surface area contributed by atoms with Crippen molar-refractivity contribution in [2.24, 2.45) is 0 Å². The fourth-order valence-corrected chi connectivity index (χ4v) is 4.92. The minimum Gasteiger partial charge on any atom is -0.489 e. The number of carbonyl (C=O) groups is 1. The first-order valence-electron chi connectivity index (χ1n) is 13.1. The molecule has 5 nitrogen and oxygen atoms in total. The predicted molar refractivity (Wildman–Crippen MR) is 151 cm³/mol. The standard InChI is InChI=1S/C32H31F2N3O2/c1-2-21-39-31-15-7-14-29-25(31)22-30(37(29)23-26-27(33)12-6-13-28(26)34)32(38)36-19-17-35(18-20-36)16-8-11-24-9-4-3-5-10-24/h2-15,22H,1,16-21,23H2/b11-8+. The van der Waals surface area contributed by atoms with Gasteiger partial charge in [0, 0.05) is 43.7 Å². The van der Waals surface area contributed by atoms with Gasteiger partial charge in [-0.15, -0.1) is 0 Å². The lowest BCUT2D eigenvalue weighted by atomic mass is 10.2. The van der Waals surface area contributed by atoms with E-state index in [2.05, 4.69) is 35.8 Å². The highest BCUT2D eigenvalue weighted by atomic mass is 19.1. The molecule has 0 saturated carbocycles. The monoisotopic (exact) mass is 527 g/mol. The number of piperazine rings is 1. The van der Waals surface area contributed by atoms with Crippen LogP contribution in [0.5, 0.6) is 5.75 Å². The SMILES string of the molecule is C=CCOc1cccc2c1cc(C(=O)N1CCN(C/C=C/c3ccccc3)CC1)n2Cc1c(F)cccc1F. The molecule has 3 aromatic carbocycles. The van der Waals surface area contributed by atoms with Crippen LogP contribution in [0.15, 0.2) is 91.5 Å². The minimum absolute atomic E-state index is 0.0866. The predicted octanol–water partition coefficient (Wildman–Crippen LogP) is 6.00. The van der Waals surface area contributed by atoms with Crippen LogP contribution in [-0.2, 0) is 6.54 Å². The lowest BCUT2D eigenvalue weighted by molar-refractivity contribution is 0.0640. The molecule has 0 N–H and O–H groups in total. The lowest BCUT2D eigenvalue weighted by Crippen LogP contribution is -2.49. The molecule has 200 valence electrons. The molecular weight excluding hydrogens is 496 g/mol. The Hall–Kier alpha value is -4.23. The van der Waals surface area contributed by atoms with E-state index < -0.39 is 11.6 Å². The Morgan fingerprint density at radius 2 is 1.64 bits per heavy atom. The van der Waals surface area contributed by atoms with E-state index in [1.54, 1.807) is 16.7 Å². The zero-order chi connectivity index (χ0) is 27.2. The molecule has 39 heavy (non-hydrogen) atoms. The van der Waals surface area contributed by atoms with Gasteiger partial charge in [-0.25, -0.2) is 8.78 Å². The molecule has 0 spiro atoms. The zero-order valence-electron chi connectivity index (χ0n) is 21.7. The second kappa shape index (κ2) is 12.1. The van der Waals surface area contributed by atoms with E-state index in [0.717, 1.165) is 25.2 Å². The Labute approximate surface area is 227 Å². The van der Waals surface area contributed by atoms with Crippen molar-refractivity contribution in [1.82, 2.24) is 14.4 Å². The minimum atomic E-state index is -0.647. The molecular formula is C32H31F2N3O2. The molecule has 1 saturated heterocycles.